The molecule has 7 N–H and O–H groups in total. The molecule has 2 aromatic rings. The molecule has 8 heteroatoms. The van der Waals surface area contributed by atoms with E-state index in [1.807, 2.05) is 24.4 Å². The average molecular weight is 650 g/mol. The highest BCUT2D eigenvalue weighted by molar-refractivity contribution is 5.70. The number of nitrogens with two attached hydrogens (primary N) is 1. The zero-order valence-electron chi connectivity index (χ0n) is 28.4. The number of allylic oxidation sites excluding steroid dienone is 1. The van der Waals surface area contributed by atoms with Gasteiger partial charge in [0.2, 0.25) is 0 Å². The maximum absolute atomic E-state index is 12.4. The van der Waals surface area contributed by atoms with Crippen LogP contribution in [0.3, 0.4) is 0 Å². The van der Waals surface area contributed by atoms with Gasteiger partial charge in [-0.2, -0.15) is 0 Å². The van der Waals surface area contributed by atoms with E-state index in [1.165, 1.54) is 19.3 Å². The number of aliphatic hydroxyl groups is 3. The molecule has 2 heterocycles. The number of aliphatic carboxylic acids is 1. The van der Waals surface area contributed by atoms with Crippen molar-refractivity contribution < 1.29 is 25.2 Å². The Morgan fingerprint density at radius 2 is 1.91 bits per heavy atom. The highest BCUT2D eigenvalue weighted by atomic mass is 16.4. The van der Waals surface area contributed by atoms with Crippen molar-refractivity contribution in [3.63, 3.8) is 0 Å². The number of aliphatic hydroxyl groups excluding tert-OH is 2. The molecule has 2 aromatic heterocycles. The van der Waals surface area contributed by atoms with Gasteiger partial charge in [0.1, 0.15) is 5.82 Å². The van der Waals surface area contributed by atoms with Crippen molar-refractivity contribution in [1.82, 2.24) is 9.97 Å². The second kappa shape index (κ2) is 16.6. The highest BCUT2D eigenvalue weighted by Crippen LogP contribution is 2.56. The van der Waals surface area contributed by atoms with Crippen molar-refractivity contribution >= 4 is 11.8 Å². The van der Waals surface area contributed by atoms with Crippen LogP contribution >= 0.6 is 0 Å². The summed E-state index contributed by atoms with van der Waals surface area (Å²) in [6.07, 6.45) is 20.8. The van der Waals surface area contributed by atoms with Crippen LogP contribution in [0, 0.1) is 41.4 Å². The van der Waals surface area contributed by atoms with Crippen LogP contribution in [0.25, 0.3) is 0 Å². The molecule has 3 aliphatic rings. The first-order valence-electron chi connectivity index (χ1n) is 18.5. The first-order valence-corrected chi connectivity index (χ1v) is 18.5. The van der Waals surface area contributed by atoms with E-state index < -0.39 is 23.6 Å². The minimum atomic E-state index is -0.990. The van der Waals surface area contributed by atoms with E-state index >= 15 is 0 Å². The maximum Gasteiger partial charge on any atom is 0.309 e. The molecular weight excluding hydrogens is 590 g/mol. The Bertz CT molecular complexity index is 1280. The van der Waals surface area contributed by atoms with Gasteiger partial charge in [0.25, 0.3) is 0 Å². The Morgan fingerprint density at radius 1 is 1.09 bits per heavy atom. The third-order valence-corrected chi connectivity index (χ3v) is 12.0. The summed E-state index contributed by atoms with van der Waals surface area (Å²) in [6.45, 7) is 2.21. The maximum atomic E-state index is 12.4. The molecule has 0 aliphatic heterocycles. The fraction of sp³-hybridized carbons (Fsp3) is 0.692. The van der Waals surface area contributed by atoms with Crippen molar-refractivity contribution in [3.05, 3.63) is 60.1 Å². The third kappa shape index (κ3) is 9.07. The number of aromatic nitrogens is 2. The molecule has 47 heavy (non-hydrogen) atoms. The molecule has 8 nitrogen and oxygen atoms in total. The second-order valence-electron chi connectivity index (χ2n) is 15.2. The summed E-state index contributed by atoms with van der Waals surface area (Å²) in [4.78, 5) is 19.9. The van der Waals surface area contributed by atoms with E-state index in [1.54, 1.807) is 6.20 Å². The van der Waals surface area contributed by atoms with Crippen LogP contribution in [0.15, 0.2) is 48.8 Å². The van der Waals surface area contributed by atoms with Crippen LogP contribution in [0.4, 0.5) is 5.82 Å². The van der Waals surface area contributed by atoms with Crippen LogP contribution in [-0.4, -0.2) is 54.2 Å². The van der Waals surface area contributed by atoms with Crippen LogP contribution < -0.4 is 5.73 Å². The highest BCUT2D eigenvalue weighted by Gasteiger charge is 2.57. The van der Waals surface area contributed by atoms with Gasteiger partial charge < -0.3 is 31.1 Å². The smallest absolute Gasteiger partial charge is 0.309 e. The summed E-state index contributed by atoms with van der Waals surface area (Å²) in [5.74, 6) is -0.510. The van der Waals surface area contributed by atoms with E-state index in [-0.39, 0.29) is 35.7 Å². The monoisotopic (exact) mass is 649 g/mol. The molecule has 2 saturated carbocycles. The van der Waals surface area contributed by atoms with Crippen molar-refractivity contribution in [2.75, 3.05) is 5.73 Å². The van der Waals surface area contributed by atoms with Crippen molar-refractivity contribution in [1.29, 1.82) is 0 Å². The molecule has 0 amide bonds. The van der Waals surface area contributed by atoms with E-state index in [9.17, 15) is 25.2 Å². The topological polar surface area (TPSA) is 153 Å². The fourth-order valence-corrected chi connectivity index (χ4v) is 9.47. The minimum Gasteiger partial charge on any atom is -0.481 e. The summed E-state index contributed by atoms with van der Waals surface area (Å²) in [6, 6.07) is 7.96. The van der Waals surface area contributed by atoms with Crippen LogP contribution in [0.1, 0.15) is 108 Å². The van der Waals surface area contributed by atoms with Gasteiger partial charge in [-0.3, -0.25) is 4.79 Å². The molecule has 0 saturated heterocycles. The molecule has 0 unspecified atom stereocenters. The minimum absolute atomic E-state index is 0.0180. The number of carboxylic acid groups (broad SMARTS) is 1. The van der Waals surface area contributed by atoms with E-state index in [4.69, 9.17) is 5.73 Å². The number of anilines is 1. The van der Waals surface area contributed by atoms with Crippen LogP contribution in [0.2, 0.25) is 0 Å². The number of rotatable bonds is 17. The number of hydrogen-bond donors (Lipinski definition) is 6. The quantitative estimate of drug-likeness (QED) is 0.0823. The molecular formula is C39H59N3O5. The van der Waals surface area contributed by atoms with Crippen LogP contribution in [-0.2, 0) is 17.6 Å². The molecule has 10 atom stereocenters. The van der Waals surface area contributed by atoms with E-state index in [2.05, 4.69) is 35.1 Å². The predicted molar refractivity (Wildman–Crippen MR) is 185 cm³/mol. The SMILES string of the molecule is CCCCC[C@@H]1C=C[C@@H](CCCCC[C@H](C(=O)O)[C@H](O)[C@H]2CC[C@@H]3[C@@H](Cc4ccnc(N)c4)C[C@H](Cc4ccc[nH]4)[C@]3(O)C2)[C@H](O)C1. The predicted octanol–water partition coefficient (Wildman–Crippen LogP) is 6.71. The first kappa shape index (κ1) is 35.6. The molecule has 260 valence electrons. The third-order valence-electron chi connectivity index (χ3n) is 12.0. The van der Waals surface area contributed by atoms with E-state index in [0.29, 0.717) is 31.0 Å². The molecule has 0 spiro atoms. The van der Waals surface area contributed by atoms with Gasteiger partial charge in [-0.05, 0) is 124 Å². The first-order chi connectivity index (χ1) is 22.7. The van der Waals surface area contributed by atoms with Gasteiger partial charge in [-0.15, -0.1) is 0 Å². The number of nitrogens with one attached hydrogen (secondary N) is 1. The van der Waals surface area contributed by atoms with Gasteiger partial charge in [0.05, 0.1) is 23.7 Å². The summed E-state index contributed by atoms with van der Waals surface area (Å²) >= 11 is 0. The number of nitrogens with zero attached hydrogens (tertiary/aromatic N) is 1. The summed E-state index contributed by atoms with van der Waals surface area (Å²) in [7, 11) is 0. The van der Waals surface area contributed by atoms with Crippen molar-refractivity contribution in [3.8, 4) is 0 Å². The number of hydrogen-bond acceptors (Lipinski definition) is 6. The van der Waals surface area contributed by atoms with Gasteiger partial charge in [-0.25, -0.2) is 4.98 Å². The van der Waals surface area contributed by atoms with Gasteiger partial charge in [0.15, 0.2) is 0 Å². The number of fused-ring (bicyclic) bond motifs is 1. The zero-order chi connectivity index (χ0) is 33.4. The molecule has 0 radical (unpaired) electrons. The number of carboxylic acids is 1. The van der Waals surface area contributed by atoms with Crippen LogP contribution in [0.5, 0.6) is 0 Å². The summed E-state index contributed by atoms with van der Waals surface area (Å²) in [5.41, 5.74) is 7.22. The van der Waals surface area contributed by atoms with Gasteiger partial charge >= 0.3 is 5.97 Å². The molecule has 0 aromatic carbocycles. The normalized spacial score (nSPS) is 31.8. The number of H-pyrrole nitrogens is 1. The number of aromatic amines is 1. The summed E-state index contributed by atoms with van der Waals surface area (Å²) < 4.78 is 0. The average Bonchev–Trinajstić information content (AvgIpc) is 3.65. The number of unbranched alkanes of at least 4 members (excludes halogenated alkanes) is 4. The lowest BCUT2D eigenvalue weighted by Gasteiger charge is -2.45. The largest absolute Gasteiger partial charge is 0.481 e. The Balaban J connectivity index is 1.15. The van der Waals surface area contributed by atoms with Crippen molar-refractivity contribution in [2.24, 2.45) is 41.4 Å². The standard InChI is InChI=1S/C39H59N3O5/c1-2-3-5-9-26-13-14-28(35(43)21-26)10-6-4-7-12-33(38(45)46)37(44)29-15-16-34-30(20-27-17-19-42-36(40)22-27)23-31(39(34,47)25-29)24-32-11-8-18-41-32/h8,11,13-14,17-19,22,26,28-31,33-35,37,41,43-44,47H,2-7,9-10,12,15-16,20-21,23-25H2,1H3,(H2,40,42)(H,45,46)/t26-,28-,29+,30+,31-,33+,34-,35-,37-,39-/m1/s1. The Hall–Kier alpha value is -2.68. The van der Waals surface area contributed by atoms with E-state index in [0.717, 1.165) is 75.5 Å². The Morgan fingerprint density at radius 3 is 2.64 bits per heavy atom. The van der Waals surface area contributed by atoms with Crippen molar-refractivity contribution in [2.45, 2.75) is 127 Å². The molecule has 3 aliphatic carbocycles. The molecule has 2 fully saturated rings. The number of pyridine rings is 1. The number of nitrogen functional groups attached to an aromatic ring is 1. The Labute approximate surface area is 281 Å². The fourth-order valence-electron chi connectivity index (χ4n) is 9.47. The van der Waals surface area contributed by atoms with Gasteiger partial charge in [0, 0.05) is 24.0 Å². The van der Waals surface area contributed by atoms with Gasteiger partial charge in [-0.1, -0.05) is 57.6 Å². The lowest BCUT2D eigenvalue weighted by Crippen LogP contribution is -2.50. The number of carbonyl (C=O) groups is 1. The summed E-state index contributed by atoms with van der Waals surface area (Å²) in [5, 5.41) is 44.9. The lowest BCUT2D eigenvalue weighted by molar-refractivity contribution is -0.152. The second-order valence-corrected chi connectivity index (χ2v) is 15.2. The Kier molecular flexibility index (Phi) is 12.6. The zero-order valence-corrected chi connectivity index (χ0v) is 28.4. The molecule has 5 rings (SSSR count). The molecule has 0 bridgehead atoms. The lowest BCUT2D eigenvalue weighted by atomic mass is 9.64.